The lowest BCUT2D eigenvalue weighted by Crippen LogP contribution is -2.48. The summed E-state index contributed by atoms with van der Waals surface area (Å²) < 4.78 is 27.6. The van der Waals surface area contributed by atoms with E-state index in [2.05, 4.69) is 15.4 Å². The summed E-state index contributed by atoms with van der Waals surface area (Å²) >= 11 is 5.81. The number of carbonyl (C=O) groups excluding carboxylic acids is 1. The number of hydrogen-bond donors (Lipinski definition) is 3. The van der Waals surface area contributed by atoms with Gasteiger partial charge in [-0.1, -0.05) is 24.6 Å². The molecule has 138 valence electrons. The van der Waals surface area contributed by atoms with Gasteiger partial charge in [-0.3, -0.25) is 9.52 Å². The molecule has 1 aliphatic heterocycles. The molecule has 0 saturated carbocycles. The maximum absolute atomic E-state index is 12.6. The first-order valence-corrected chi connectivity index (χ1v) is 10.1. The van der Waals surface area contributed by atoms with E-state index in [4.69, 9.17) is 11.6 Å². The van der Waals surface area contributed by atoms with Crippen molar-refractivity contribution in [2.45, 2.75) is 11.8 Å². The van der Waals surface area contributed by atoms with Crippen LogP contribution in [0.3, 0.4) is 0 Å². The predicted molar refractivity (Wildman–Crippen MR) is 103 cm³/mol. The van der Waals surface area contributed by atoms with E-state index < -0.39 is 10.0 Å². The Hall–Kier alpha value is -2.09. The quantitative estimate of drug-likeness (QED) is 0.704. The van der Waals surface area contributed by atoms with Gasteiger partial charge >= 0.3 is 0 Å². The Morgan fingerprint density at radius 1 is 1.15 bits per heavy atom. The number of benzene rings is 2. The fourth-order valence-electron chi connectivity index (χ4n) is 2.61. The first-order valence-electron chi connectivity index (χ1n) is 8.25. The van der Waals surface area contributed by atoms with Gasteiger partial charge < -0.3 is 10.6 Å². The molecular weight excluding hydrogens is 374 g/mol. The second kappa shape index (κ2) is 7.65. The molecule has 0 bridgehead atoms. The monoisotopic (exact) mass is 393 g/mol. The van der Waals surface area contributed by atoms with Gasteiger partial charge in [-0.05, 0) is 61.5 Å². The molecule has 1 aliphatic rings. The van der Waals surface area contributed by atoms with E-state index in [0.29, 0.717) is 22.3 Å². The number of sulfonamides is 1. The lowest BCUT2D eigenvalue weighted by Gasteiger charge is -2.31. The average molecular weight is 394 g/mol. The number of rotatable bonds is 6. The Labute approximate surface area is 158 Å². The second-order valence-electron chi connectivity index (χ2n) is 6.34. The van der Waals surface area contributed by atoms with Crippen molar-refractivity contribution >= 4 is 38.9 Å². The summed E-state index contributed by atoms with van der Waals surface area (Å²) in [6.45, 7) is 3.53. The topological polar surface area (TPSA) is 87.3 Å². The molecule has 1 fully saturated rings. The van der Waals surface area contributed by atoms with E-state index >= 15 is 0 Å². The van der Waals surface area contributed by atoms with Crippen LogP contribution in [0.15, 0.2) is 53.4 Å². The normalized spacial score (nSPS) is 15.8. The number of halogens is 1. The maximum atomic E-state index is 12.6. The summed E-state index contributed by atoms with van der Waals surface area (Å²) in [7, 11) is -3.77. The highest BCUT2D eigenvalue weighted by atomic mass is 35.5. The summed E-state index contributed by atoms with van der Waals surface area (Å²) in [5.41, 5.74) is 0.864. The number of anilines is 2. The van der Waals surface area contributed by atoms with E-state index in [1.807, 2.05) is 6.92 Å². The molecule has 8 heteroatoms. The van der Waals surface area contributed by atoms with Crippen molar-refractivity contribution in [2.75, 3.05) is 23.1 Å². The number of amides is 1. The Balaban J connectivity index is 1.73. The molecule has 1 amide bonds. The Morgan fingerprint density at radius 3 is 2.46 bits per heavy atom. The van der Waals surface area contributed by atoms with Crippen molar-refractivity contribution in [3.63, 3.8) is 0 Å². The summed E-state index contributed by atoms with van der Waals surface area (Å²) in [6, 6.07) is 12.6. The Morgan fingerprint density at radius 2 is 1.85 bits per heavy atom. The summed E-state index contributed by atoms with van der Waals surface area (Å²) in [4.78, 5) is 12.4. The highest BCUT2D eigenvalue weighted by molar-refractivity contribution is 7.92. The molecule has 1 atom stereocenters. The Bertz CT molecular complexity index is 896. The van der Waals surface area contributed by atoms with Gasteiger partial charge in [0.2, 0.25) is 5.91 Å². The van der Waals surface area contributed by atoms with Crippen LogP contribution >= 0.6 is 11.6 Å². The summed E-state index contributed by atoms with van der Waals surface area (Å²) in [5, 5.41) is 6.46. The number of carbonyl (C=O) groups is 1. The molecule has 0 spiro atoms. The molecule has 26 heavy (non-hydrogen) atoms. The SMILES string of the molecule is CC(C(=O)Nc1cccc(S(=O)(=O)Nc2ccc(Cl)cc2)c1)C1CNC1. The van der Waals surface area contributed by atoms with Crippen LogP contribution in [-0.2, 0) is 14.8 Å². The van der Waals surface area contributed by atoms with Crippen LogP contribution in [0.4, 0.5) is 11.4 Å². The highest BCUT2D eigenvalue weighted by Crippen LogP contribution is 2.22. The molecule has 6 nitrogen and oxygen atoms in total. The molecule has 0 aromatic heterocycles. The van der Waals surface area contributed by atoms with Gasteiger partial charge in [-0.15, -0.1) is 0 Å². The van der Waals surface area contributed by atoms with Gasteiger partial charge in [0, 0.05) is 22.3 Å². The fraction of sp³-hybridized carbons (Fsp3) is 0.278. The van der Waals surface area contributed by atoms with Crippen LogP contribution in [0, 0.1) is 11.8 Å². The number of hydrogen-bond acceptors (Lipinski definition) is 4. The zero-order valence-electron chi connectivity index (χ0n) is 14.2. The van der Waals surface area contributed by atoms with Crippen molar-refractivity contribution < 1.29 is 13.2 Å². The maximum Gasteiger partial charge on any atom is 0.261 e. The van der Waals surface area contributed by atoms with E-state index in [1.54, 1.807) is 36.4 Å². The molecule has 0 aliphatic carbocycles. The van der Waals surface area contributed by atoms with Gasteiger partial charge in [-0.2, -0.15) is 0 Å². The summed E-state index contributed by atoms with van der Waals surface area (Å²) in [6.07, 6.45) is 0. The van der Waals surface area contributed by atoms with E-state index in [1.165, 1.54) is 12.1 Å². The lowest BCUT2D eigenvalue weighted by molar-refractivity contribution is -0.121. The van der Waals surface area contributed by atoms with E-state index in [9.17, 15) is 13.2 Å². The third-order valence-electron chi connectivity index (χ3n) is 4.44. The minimum atomic E-state index is -3.77. The fourth-order valence-corrected chi connectivity index (χ4v) is 3.84. The van der Waals surface area contributed by atoms with Gasteiger partial charge in [0.05, 0.1) is 4.90 Å². The average Bonchev–Trinajstić information content (AvgIpc) is 2.55. The lowest BCUT2D eigenvalue weighted by atomic mass is 9.88. The van der Waals surface area contributed by atoms with Crippen LogP contribution in [-0.4, -0.2) is 27.4 Å². The molecule has 2 aromatic carbocycles. The minimum absolute atomic E-state index is 0.0724. The van der Waals surface area contributed by atoms with Gasteiger partial charge in [0.25, 0.3) is 10.0 Å². The van der Waals surface area contributed by atoms with Crippen LogP contribution in [0.25, 0.3) is 0 Å². The van der Waals surface area contributed by atoms with Crippen LogP contribution < -0.4 is 15.4 Å². The van der Waals surface area contributed by atoms with Crippen LogP contribution in [0.1, 0.15) is 6.92 Å². The minimum Gasteiger partial charge on any atom is -0.326 e. The molecule has 0 radical (unpaired) electrons. The zero-order chi connectivity index (χ0) is 18.7. The number of nitrogens with one attached hydrogen (secondary N) is 3. The Kier molecular flexibility index (Phi) is 5.50. The molecular formula is C18H20ClN3O3S. The highest BCUT2D eigenvalue weighted by Gasteiger charge is 2.28. The van der Waals surface area contributed by atoms with Crippen LogP contribution in [0.2, 0.25) is 5.02 Å². The standard InChI is InChI=1S/C18H20ClN3O3S/c1-12(13-10-20-11-13)18(23)21-16-3-2-4-17(9-16)26(24,25)22-15-7-5-14(19)6-8-15/h2-9,12-13,20,22H,10-11H2,1H3,(H,21,23). The van der Waals surface area contributed by atoms with Crippen LogP contribution in [0.5, 0.6) is 0 Å². The van der Waals surface area contributed by atoms with Crippen molar-refractivity contribution in [3.8, 4) is 0 Å². The molecule has 1 heterocycles. The second-order valence-corrected chi connectivity index (χ2v) is 8.46. The smallest absolute Gasteiger partial charge is 0.261 e. The van der Waals surface area contributed by atoms with E-state index in [-0.39, 0.29) is 16.7 Å². The third-order valence-corrected chi connectivity index (χ3v) is 6.07. The van der Waals surface area contributed by atoms with Crippen molar-refractivity contribution in [1.82, 2.24) is 5.32 Å². The van der Waals surface area contributed by atoms with Crippen molar-refractivity contribution in [1.29, 1.82) is 0 Å². The van der Waals surface area contributed by atoms with Gasteiger partial charge in [0.1, 0.15) is 0 Å². The third kappa shape index (κ3) is 4.35. The van der Waals surface area contributed by atoms with Gasteiger partial charge in [-0.25, -0.2) is 8.42 Å². The summed E-state index contributed by atoms with van der Waals surface area (Å²) in [5.74, 6) is 0.0638. The molecule has 2 aromatic rings. The molecule has 1 saturated heterocycles. The molecule has 1 unspecified atom stereocenters. The molecule has 3 N–H and O–H groups in total. The molecule has 3 rings (SSSR count). The first-order chi connectivity index (χ1) is 12.3. The zero-order valence-corrected chi connectivity index (χ0v) is 15.8. The van der Waals surface area contributed by atoms with Gasteiger partial charge in [0.15, 0.2) is 0 Å². The first kappa shape index (κ1) is 18.7. The van der Waals surface area contributed by atoms with E-state index in [0.717, 1.165) is 13.1 Å². The van der Waals surface area contributed by atoms with Crippen molar-refractivity contribution in [2.24, 2.45) is 11.8 Å². The predicted octanol–water partition coefficient (Wildman–Crippen LogP) is 2.93. The van der Waals surface area contributed by atoms with Crippen molar-refractivity contribution in [3.05, 3.63) is 53.6 Å². The largest absolute Gasteiger partial charge is 0.326 e.